The lowest BCUT2D eigenvalue weighted by molar-refractivity contribution is -0.384. The number of likely N-dealkylation sites (N-methyl/N-ethyl adjacent to an activating group) is 1. The normalized spacial score (nSPS) is 10.2. The minimum Gasteiger partial charge on any atom is -0.496 e. The van der Waals surface area contributed by atoms with E-state index >= 15 is 0 Å². The van der Waals surface area contributed by atoms with Crippen LogP contribution in [0.5, 0.6) is 5.75 Å². The number of hydrogen-bond acceptors (Lipinski definition) is 4. The van der Waals surface area contributed by atoms with Crippen LogP contribution in [0.1, 0.15) is 5.56 Å². The van der Waals surface area contributed by atoms with Gasteiger partial charge in [-0.05, 0) is 30.2 Å². The van der Waals surface area contributed by atoms with Gasteiger partial charge in [0.2, 0.25) is 0 Å². The molecule has 0 saturated carbocycles. The summed E-state index contributed by atoms with van der Waals surface area (Å²) in [5.74, 6) is 0.884. The van der Waals surface area contributed by atoms with Gasteiger partial charge in [-0.25, -0.2) is 0 Å². The lowest BCUT2D eigenvalue weighted by Gasteiger charge is -2.19. The summed E-state index contributed by atoms with van der Waals surface area (Å²) in [4.78, 5) is 12.3. The Hall–Kier alpha value is -2.56. The van der Waals surface area contributed by atoms with Crippen LogP contribution in [0, 0.1) is 10.1 Å². The van der Waals surface area contributed by atoms with Crippen molar-refractivity contribution in [3.05, 3.63) is 64.2 Å². The predicted octanol–water partition coefficient (Wildman–Crippen LogP) is 3.28. The third kappa shape index (κ3) is 3.72. The lowest BCUT2D eigenvalue weighted by Crippen LogP contribution is -2.20. The molecule has 0 N–H and O–H groups in total. The van der Waals surface area contributed by atoms with E-state index < -0.39 is 4.92 Å². The Morgan fingerprint density at radius 3 is 2.43 bits per heavy atom. The van der Waals surface area contributed by atoms with E-state index in [0.29, 0.717) is 0 Å². The smallest absolute Gasteiger partial charge is 0.269 e. The van der Waals surface area contributed by atoms with Crippen molar-refractivity contribution in [3.63, 3.8) is 0 Å². The average Bonchev–Trinajstić information content (AvgIpc) is 2.52. The number of non-ortho nitro benzene ring substituents is 1. The molecule has 0 aliphatic heterocycles. The maximum atomic E-state index is 10.6. The molecule has 110 valence electrons. The van der Waals surface area contributed by atoms with Gasteiger partial charge in [0.05, 0.1) is 12.0 Å². The fraction of sp³-hybridized carbons (Fsp3) is 0.250. The second-order valence-corrected chi connectivity index (χ2v) is 4.76. The molecule has 0 heterocycles. The molecule has 0 aliphatic carbocycles. The fourth-order valence-corrected chi connectivity index (χ4v) is 2.16. The van der Waals surface area contributed by atoms with Gasteiger partial charge in [0.25, 0.3) is 5.69 Å². The maximum absolute atomic E-state index is 10.6. The Morgan fingerprint density at radius 1 is 1.14 bits per heavy atom. The van der Waals surface area contributed by atoms with E-state index in [1.54, 1.807) is 19.2 Å². The van der Waals surface area contributed by atoms with E-state index in [2.05, 4.69) is 4.90 Å². The topological polar surface area (TPSA) is 55.6 Å². The molecule has 5 heteroatoms. The van der Waals surface area contributed by atoms with Crippen LogP contribution in [-0.2, 0) is 6.42 Å². The Labute approximate surface area is 123 Å². The highest BCUT2D eigenvalue weighted by molar-refractivity contribution is 5.50. The van der Waals surface area contributed by atoms with Gasteiger partial charge < -0.3 is 9.64 Å². The lowest BCUT2D eigenvalue weighted by atomic mass is 10.1. The van der Waals surface area contributed by atoms with E-state index in [4.69, 9.17) is 4.74 Å². The number of ether oxygens (including phenoxy) is 1. The Bertz CT molecular complexity index is 611. The average molecular weight is 286 g/mol. The number of methoxy groups -OCH3 is 1. The Balaban J connectivity index is 2.01. The van der Waals surface area contributed by atoms with E-state index in [1.807, 2.05) is 31.3 Å². The van der Waals surface area contributed by atoms with Crippen molar-refractivity contribution in [1.29, 1.82) is 0 Å². The standard InChI is InChI=1S/C16H18N2O3/c1-17(14-7-9-15(10-8-14)18(19)20)12-11-13-5-3-4-6-16(13)21-2/h3-10H,11-12H2,1-2H3. The molecule has 2 aromatic rings. The van der Waals surface area contributed by atoms with Gasteiger partial charge in [-0.3, -0.25) is 10.1 Å². The molecule has 2 rings (SSSR count). The monoisotopic (exact) mass is 286 g/mol. The zero-order valence-corrected chi connectivity index (χ0v) is 12.2. The van der Waals surface area contributed by atoms with Crippen LogP contribution in [0.2, 0.25) is 0 Å². The first kappa shape index (κ1) is 14.8. The summed E-state index contributed by atoms with van der Waals surface area (Å²) in [6.45, 7) is 0.804. The number of nitro benzene ring substituents is 1. The van der Waals surface area contributed by atoms with Gasteiger partial charge in [0.15, 0.2) is 0 Å². The number of nitrogens with zero attached hydrogens (tertiary/aromatic N) is 2. The van der Waals surface area contributed by atoms with Crippen molar-refractivity contribution in [2.45, 2.75) is 6.42 Å². The van der Waals surface area contributed by atoms with Gasteiger partial charge >= 0.3 is 0 Å². The second-order valence-electron chi connectivity index (χ2n) is 4.76. The highest BCUT2D eigenvalue weighted by atomic mass is 16.6. The maximum Gasteiger partial charge on any atom is 0.269 e. The number of rotatable bonds is 6. The molecule has 0 spiro atoms. The quantitative estimate of drug-likeness (QED) is 0.604. The minimum atomic E-state index is -0.390. The fourth-order valence-electron chi connectivity index (χ4n) is 2.16. The third-order valence-electron chi connectivity index (χ3n) is 3.41. The van der Waals surface area contributed by atoms with Gasteiger partial charge in [-0.2, -0.15) is 0 Å². The van der Waals surface area contributed by atoms with Crippen molar-refractivity contribution in [2.24, 2.45) is 0 Å². The van der Waals surface area contributed by atoms with Crippen molar-refractivity contribution >= 4 is 11.4 Å². The molecule has 0 aliphatic rings. The Kier molecular flexibility index (Phi) is 4.77. The molecular weight excluding hydrogens is 268 g/mol. The molecule has 0 saturated heterocycles. The van der Waals surface area contributed by atoms with Gasteiger partial charge in [-0.1, -0.05) is 18.2 Å². The number of para-hydroxylation sites is 1. The van der Waals surface area contributed by atoms with Crippen molar-refractivity contribution in [1.82, 2.24) is 0 Å². The summed E-state index contributed by atoms with van der Waals surface area (Å²) in [7, 11) is 3.63. The van der Waals surface area contributed by atoms with Crippen LogP contribution in [0.3, 0.4) is 0 Å². The van der Waals surface area contributed by atoms with Crippen LogP contribution < -0.4 is 9.64 Å². The molecule has 0 aromatic heterocycles. The van der Waals surface area contributed by atoms with Crippen molar-refractivity contribution in [3.8, 4) is 5.75 Å². The Morgan fingerprint density at radius 2 is 1.81 bits per heavy atom. The summed E-state index contributed by atoms with van der Waals surface area (Å²) >= 11 is 0. The molecule has 0 bridgehead atoms. The minimum absolute atomic E-state index is 0.108. The molecule has 0 amide bonds. The van der Waals surface area contributed by atoms with Gasteiger partial charge in [0.1, 0.15) is 5.75 Å². The molecule has 0 radical (unpaired) electrons. The van der Waals surface area contributed by atoms with Crippen molar-refractivity contribution in [2.75, 3.05) is 25.6 Å². The zero-order valence-electron chi connectivity index (χ0n) is 12.2. The molecule has 21 heavy (non-hydrogen) atoms. The molecule has 5 nitrogen and oxygen atoms in total. The molecule has 0 fully saturated rings. The largest absolute Gasteiger partial charge is 0.496 e. The number of benzene rings is 2. The van der Waals surface area contributed by atoms with Crippen molar-refractivity contribution < 1.29 is 9.66 Å². The van der Waals surface area contributed by atoms with E-state index in [1.165, 1.54) is 12.1 Å². The third-order valence-corrected chi connectivity index (χ3v) is 3.41. The van der Waals surface area contributed by atoms with E-state index in [-0.39, 0.29) is 5.69 Å². The zero-order chi connectivity index (χ0) is 15.2. The van der Waals surface area contributed by atoms with Gasteiger partial charge in [0, 0.05) is 31.4 Å². The summed E-state index contributed by atoms with van der Waals surface area (Å²) in [5, 5.41) is 10.6. The van der Waals surface area contributed by atoms with E-state index in [0.717, 1.165) is 30.0 Å². The SMILES string of the molecule is COc1ccccc1CCN(C)c1ccc([N+](=O)[O-])cc1. The number of hydrogen-bond donors (Lipinski definition) is 0. The van der Waals surface area contributed by atoms with Crippen LogP contribution in [-0.4, -0.2) is 25.6 Å². The van der Waals surface area contributed by atoms with Crippen LogP contribution in [0.15, 0.2) is 48.5 Å². The second kappa shape index (κ2) is 6.74. The predicted molar refractivity (Wildman–Crippen MR) is 83.1 cm³/mol. The number of anilines is 1. The highest BCUT2D eigenvalue weighted by Gasteiger charge is 2.08. The van der Waals surface area contributed by atoms with Crippen LogP contribution >= 0.6 is 0 Å². The number of nitro groups is 1. The van der Waals surface area contributed by atoms with E-state index in [9.17, 15) is 10.1 Å². The summed E-state index contributed by atoms with van der Waals surface area (Å²) in [6.07, 6.45) is 0.845. The van der Waals surface area contributed by atoms with Gasteiger partial charge in [-0.15, -0.1) is 0 Å². The first-order valence-corrected chi connectivity index (χ1v) is 6.69. The molecule has 2 aromatic carbocycles. The molecule has 0 unspecified atom stereocenters. The first-order chi connectivity index (χ1) is 10.1. The summed E-state index contributed by atoms with van der Waals surface area (Å²) in [5.41, 5.74) is 2.21. The highest BCUT2D eigenvalue weighted by Crippen LogP contribution is 2.21. The van der Waals surface area contributed by atoms with Crippen LogP contribution in [0.25, 0.3) is 0 Å². The molecular formula is C16H18N2O3. The van der Waals surface area contributed by atoms with Crippen LogP contribution in [0.4, 0.5) is 11.4 Å². The summed E-state index contributed by atoms with van der Waals surface area (Å²) in [6, 6.07) is 14.5. The summed E-state index contributed by atoms with van der Waals surface area (Å²) < 4.78 is 5.33. The first-order valence-electron chi connectivity index (χ1n) is 6.69. The molecule has 0 atom stereocenters.